The van der Waals surface area contributed by atoms with Crippen molar-refractivity contribution in [2.24, 2.45) is 0 Å². The Morgan fingerprint density at radius 2 is 1.75 bits per heavy atom. The molecule has 10 heteroatoms. The first-order chi connectivity index (χ1) is 11.3. The van der Waals surface area contributed by atoms with Gasteiger partial charge in [0.05, 0.1) is 10.6 Å². The van der Waals surface area contributed by atoms with Gasteiger partial charge in [-0.15, -0.1) is 0 Å². The number of sulfonamides is 1. The van der Waals surface area contributed by atoms with Gasteiger partial charge in [-0.2, -0.15) is 4.31 Å². The Morgan fingerprint density at radius 3 is 2.29 bits per heavy atom. The van der Waals surface area contributed by atoms with Gasteiger partial charge in [0, 0.05) is 19.1 Å². The van der Waals surface area contributed by atoms with Crippen LogP contribution in [0.15, 0.2) is 23.1 Å². The van der Waals surface area contributed by atoms with Crippen LogP contribution in [-0.2, 0) is 14.8 Å². The SMILES string of the molecule is O=C1CSC(=O)N1C1CCN(S(=O)(=O)c2ccc(F)c(F)c2)CC1. The molecule has 1 aromatic rings. The van der Waals surface area contributed by atoms with E-state index in [0.29, 0.717) is 18.9 Å². The van der Waals surface area contributed by atoms with Crippen LogP contribution in [0, 0.1) is 11.6 Å². The molecule has 0 N–H and O–H groups in total. The van der Waals surface area contributed by atoms with E-state index in [4.69, 9.17) is 0 Å². The first-order valence-corrected chi connectivity index (χ1v) is 9.67. The maximum absolute atomic E-state index is 13.3. The molecule has 2 aliphatic rings. The van der Waals surface area contributed by atoms with Crippen LogP contribution in [-0.4, -0.2) is 53.7 Å². The van der Waals surface area contributed by atoms with Crippen molar-refractivity contribution in [1.29, 1.82) is 0 Å². The fourth-order valence-electron chi connectivity index (χ4n) is 2.84. The third-order valence-electron chi connectivity index (χ3n) is 4.10. The lowest BCUT2D eigenvalue weighted by atomic mass is 10.1. The predicted molar refractivity (Wildman–Crippen MR) is 82.8 cm³/mol. The summed E-state index contributed by atoms with van der Waals surface area (Å²) in [6, 6.07) is 2.12. The second-order valence-electron chi connectivity index (χ2n) is 5.53. The number of carbonyl (C=O) groups is 2. The van der Waals surface area contributed by atoms with Gasteiger partial charge in [0.2, 0.25) is 15.9 Å². The third-order valence-corrected chi connectivity index (χ3v) is 6.83. The molecule has 2 aliphatic heterocycles. The summed E-state index contributed by atoms with van der Waals surface area (Å²) in [5, 5.41) is -0.304. The second kappa shape index (κ2) is 6.41. The highest BCUT2D eigenvalue weighted by molar-refractivity contribution is 8.14. The quantitative estimate of drug-likeness (QED) is 0.804. The Labute approximate surface area is 141 Å². The van der Waals surface area contributed by atoms with E-state index in [0.717, 1.165) is 28.2 Å². The maximum Gasteiger partial charge on any atom is 0.289 e. The minimum atomic E-state index is -3.94. The Hall–Kier alpha value is -1.52. The van der Waals surface area contributed by atoms with Crippen LogP contribution in [0.5, 0.6) is 0 Å². The van der Waals surface area contributed by atoms with Crippen LogP contribution in [0.4, 0.5) is 13.6 Å². The van der Waals surface area contributed by atoms with Crippen molar-refractivity contribution in [2.45, 2.75) is 23.8 Å². The number of benzene rings is 1. The number of amides is 2. The van der Waals surface area contributed by atoms with E-state index in [-0.39, 0.29) is 40.9 Å². The molecule has 2 amide bonds. The number of halogens is 2. The van der Waals surface area contributed by atoms with Gasteiger partial charge in [0.15, 0.2) is 11.6 Å². The van der Waals surface area contributed by atoms with E-state index >= 15 is 0 Å². The summed E-state index contributed by atoms with van der Waals surface area (Å²) in [4.78, 5) is 24.3. The van der Waals surface area contributed by atoms with E-state index in [1.54, 1.807) is 0 Å². The summed E-state index contributed by atoms with van der Waals surface area (Å²) >= 11 is 0.942. The zero-order chi connectivity index (χ0) is 17.5. The molecule has 0 radical (unpaired) electrons. The van der Waals surface area contributed by atoms with Gasteiger partial charge in [-0.3, -0.25) is 14.5 Å². The Bertz CT molecular complexity index is 776. The largest absolute Gasteiger partial charge is 0.289 e. The summed E-state index contributed by atoms with van der Waals surface area (Å²) in [6.45, 7) is 0.210. The molecule has 24 heavy (non-hydrogen) atoms. The molecule has 0 unspecified atom stereocenters. The molecular weight excluding hydrogens is 362 g/mol. The van der Waals surface area contributed by atoms with Crippen molar-refractivity contribution < 1.29 is 26.8 Å². The molecule has 0 bridgehead atoms. The molecule has 0 saturated carbocycles. The summed E-state index contributed by atoms with van der Waals surface area (Å²) in [7, 11) is -3.94. The lowest BCUT2D eigenvalue weighted by Gasteiger charge is -2.34. The fraction of sp³-hybridized carbons (Fsp3) is 0.429. The summed E-state index contributed by atoms with van der Waals surface area (Å²) in [5.74, 6) is -2.48. The highest BCUT2D eigenvalue weighted by Gasteiger charge is 2.39. The second-order valence-corrected chi connectivity index (χ2v) is 8.39. The number of piperidine rings is 1. The van der Waals surface area contributed by atoms with E-state index in [2.05, 4.69) is 0 Å². The van der Waals surface area contributed by atoms with Gasteiger partial charge in [0.25, 0.3) is 5.24 Å². The van der Waals surface area contributed by atoms with Gasteiger partial charge in [0.1, 0.15) is 0 Å². The van der Waals surface area contributed by atoms with Gasteiger partial charge in [-0.25, -0.2) is 17.2 Å². The monoisotopic (exact) mass is 376 g/mol. The number of hydrogen-bond donors (Lipinski definition) is 0. The standard InChI is InChI=1S/C14H14F2N2O4S2/c15-11-2-1-10(7-12(11)16)24(21,22)17-5-3-9(4-6-17)18-13(19)8-23-14(18)20/h1-2,7,9H,3-6,8H2. The van der Waals surface area contributed by atoms with Crippen molar-refractivity contribution in [3.05, 3.63) is 29.8 Å². The molecule has 0 aromatic heterocycles. The molecule has 2 heterocycles. The topological polar surface area (TPSA) is 74.8 Å². The zero-order valence-corrected chi connectivity index (χ0v) is 14.1. The summed E-state index contributed by atoms with van der Waals surface area (Å²) < 4.78 is 52.4. The van der Waals surface area contributed by atoms with E-state index in [9.17, 15) is 26.8 Å². The molecule has 3 rings (SSSR count). The number of hydrogen-bond acceptors (Lipinski definition) is 5. The minimum Gasteiger partial charge on any atom is -0.273 e. The maximum atomic E-state index is 13.3. The minimum absolute atomic E-state index is 0.105. The van der Waals surface area contributed by atoms with Crippen LogP contribution in [0.25, 0.3) is 0 Å². The average molecular weight is 376 g/mol. The third kappa shape index (κ3) is 3.05. The van der Waals surface area contributed by atoms with E-state index < -0.39 is 21.7 Å². The number of rotatable bonds is 3. The van der Waals surface area contributed by atoms with Gasteiger partial charge >= 0.3 is 0 Å². The van der Waals surface area contributed by atoms with Crippen molar-refractivity contribution in [3.63, 3.8) is 0 Å². The van der Waals surface area contributed by atoms with Crippen LogP contribution >= 0.6 is 11.8 Å². The average Bonchev–Trinajstić information content (AvgIpc) is 2.89. The van der Waals surface area contributed by atoms with Crippen LogP contribution in [0.3, 0.4) is 0 Å². The molecule has 2 saturated heterocycles. The van der Waals surface area contributed by atoms with Crippen molar-refractivity contribution in [1.82, 2.24) is 9.21 Å². The fourth-order valence-corrected chi connectivity index (χ4v) is 5.10. The van der Waals surface area contributed by atoms with Gasteiger partial charge < -0.3 is 0 Å². The molecule has 6 nitrogen and oxygen atoms in total. The Kier molecular flexibility index (Phi) is 4.63. The van der Waals surface area contributed by atoms with E-state index in [1.807, 2.05) is 0 Å². The van der Waals surface area contributed by atoms with Crippen molar-refractivity contribution in [3.8, 4) is 0 Å². The number of carbonyl (C=O) groups excluding carboxylic acids is 2. The van der Waals surface area contributed by atoms with E-state index in [1.165, 1.54) is 4.90 Å². The van der Waals surface area contributed by atoms with Crippen LogP contribution in [0.1, 0.15) is 12.8 Å². The van der Waals surface area contributed by atoms with Gasteiger partial charge in [-0.05, 0) is 31.0 Å². The molecule has 130 valence electrons. The highest BCUT2D eigenvalue weighted by atomic mass is 32.2. The van der Waals surface area contributed by atoms with Crippen LogP contribution < -0.4 is 0 Å². The number of imide groups is 1. The summed E-state index contributed by atoms with van der Waals surface area (Å²) in [6.07, 6.45) is 0.641. The van der Waals surface area contributed by atoms with Crippen LogP contribution in [0.2, 0.25) is 0 Å². The summed E-state index contributed by atoms with van der Waals surface area (Å²) in [5.41, 5.74) is 0. The molecule has 0 spiro atoms. The zero-order valence-electron chi connectivity index (χ0n) is 12.4. The predicted octanol–water partition coefficient (Wildman–Crippen LogP) is 1.81. The Balaban J connectivity index is 1.72. The van der Waals surface area contributed by atoms with Gasteiger partial charge in [-0.1, -0.05) is 11.8 Å². The smallest absolute Gasteiger partial charge is 0.273 e. The highest BCUT2D eigenvalue weighted by Crippen LogP contribution is 2.29. The lowest BCUT2D eigenvalue weighted by Crippen LogP contribution is -2.48. The van der Waals surface area contributed by atoms with Crippen molar-refractivity contribution >= 4 is 32.9 Å². The first kappa shape index (κ1) is 17.3. The molecule has 0 aliphatic carbocycles. The number of thioether (sulfide) groups is 1. The first-order valence-electron chi connectivity index (χ1n) is 7.24. The normalized spacial score (nSPS) is 20.8. The Morgan fingerprint density at radius 1 is 1.08 bits per heavy atom. The number of nitrogens with zero attached hydrogens (tertiary/aromatic N) is 2. The molecular formula is C14H14F2N2O4S2. The molecule has 1 aromatic carbocycles. The molecule has 2 fully saturated rings. The molecule has 0 atom stereocenters. The van der Waals surface area contributed by atoms with Crippen molar-refractivity contribution in [2.75, 3.05) is 18.8 Å². The lowest BCUT2D eigenvalue weighted by molar-refractivity contribution is -0.126.